The maximum atomic E-state index is 12.7. The van der Waals surface area contributed by atoms with Crippen LogP contribution in [0.15, 0.2) is 48.5 Å². The van der Waals surface area contributed by atoms with Gasteiger partial charge in [-0.3, -0.25) is 4.79 Å². The molecule has 0 aromatic heterocycles. The third-order valence-electron chi connectivity index (χ3n) is 5.46. The number of ether oxygens (including phenoxy) is 3. The molecule has 1 fully saturated rings. The van der Waals surface area contributed by atoms with Gasteiger partial charge in [-0.05, 0) is 23.8 Å². The number of hydrogen-bond donors (Lipinski definition) is 1. The fourth-order valence-electron chi connectivity index (χ4n) is 3.97. The summed E-state index contributed by atoms with van der Waals surface area (Å²) in [6.45, 7) is 1.41. The molecule has 2 aliphatic heterocycles. The van der Waals surface area contributed by atoms with E-state index in [1.54, 1.807) is 7.11 Å². The lowest BCUT2D eigenvalue weighted by Crippen LogP contribution is -2.48. The summed E-state index contributed by atoms with van der Waals surface area (Å²) in [5.41, 5.74) is 1.78. The van der Waals surface area contributed by atoms with Gasteiger partial charge in [0.2, 0.25) is 5.91 Å². The van der Waals surface area contributed by atoms with E-state index in [2.05, 4.69) is 5.32 Å². The summed E-state index contributed by atoms with van der Waals surface area (Å²) in [4.78, 5) is 12.7. The number of carbonyl (C=O) groups excluding carboxylic acids is 1. The van der Waals surface area contributed by atoms with Crippen molar-refractivity contribution in [3.05, 3.63) is 59.7 Å². The van der Waals surface area contributed by atoms with Crippen LogP contribution in [-0.4, -0.2) is 31.8 Å². The maximum Gasteiger partial charge on any atom is 0.224 e. The molecule has 1 N–H and O–H groups in total. The van der Waals surface area contributed by atoms with Crippen molar-refractivity contribution in [3.8, 4) is 11.5 Å². The van der Waals surface area contributed by atoms with Crippen molar-refractivity contribution in [2.75, 3.05) is 20.3 Å². The molecule has 0 aliphatic carbocycles. The largest absolute Gasteiger partial charge is 0.497 e. The minimum atomic E-state index is -0.245. The second-order valence-corrected chi connectivity index (χ2v) is 7.28. The quantitative estimate of drug-likeness (QED) is 0.900. The van der Waals surface area contributed by atoms with Crippen molar-refractivity contribution in [3.63, 3.8) is 0 Å². The van der Waals surface area contributed by atoms with Gasteiger partial charge in [-0.15, -0.1) is 0 Å². The van der Waals surface area contributed by atoms with Crippen LogP contribution in [0.1, 0.15) is 36.4 Å². The van der Waals surface area contributed by atoms with Crippen LogP contribution in [0, 0.1) is 0 Å². The van der Waals surface area contributed by atoms with E-state index in [1.165, 1.54) is 0 Å². The highest BCUT2D eigenvalue weighted by atomic mass is 16.5. The molecule has 27 heavy (non-hydrogen) atoms. The van der Waals surface area contributed by atoms with E-state index >= 15 is 0 Å². The fourth-order valence-corrected chi connectivity index (χ4v) is 3.97. The summed E-state index contributed by atoms with van der Waals surface area (Å²) in [6, 6.07) is 15.6. The van der Waals surface area contributed by atoms with Crippen LogP contribution in [0.5, 0.6) is 11.5 Å². The van der Waals surface area contributed by atoms with Crippen LogP contribution >= 0.6 is 0 Å². The molecule has 1 spiro atoms. The van der Waals surface area contributed by atoms with Crippen LogP contribution in [0.25, 0.3) is 0 Å². The highest BCUT2D eigenvalue weighted by Gasteiger charge is 2.42. The highest BCUT2D eigenvalue weighted by Crippen LogP contribution is 2.43. The Hall–Kier alpha value is -2.53. The number of carbonyl (C=O) groups is 1. The summed E-state index contributed by atoms with van der Waals surface area (Å²) < 4.78 is 17.1. The van der Waals surface area contributed by atoms with Crippen molar-refractivity contribution in [2.24, 2.45) is 0 Å². The second kappa shape index (κ2) is 7.61. The third-order valence-corrected chi connectivity index (χ3v) is 5.46. The first kappa shape index (κ1) is 17.9. The Labute approximate surface area is 159 Å². The second-order valence-electron chi connectivity index (χ2n) is 7.28. The molecule has 1 amide bonds. The minimum Gasteiger partial charge on any atom is -0.497 e. The summed E-state index contributed by atoms with van der Waals surface area (Å²) >= 11 is 0. The first-order chi connectivity index (χ1) is 13.2. The van der Waals surface area contributed by atoms with Crippen molar-refractivity contribution < 1.29 is 19.0 Å². The molecule has 2 aromatic rings. The Morgan fingerprint density at radius 2 is 1.89 bits per heavy atom. The average molecular weight is 367 g/mol. The number of nitrogens with one attached hydrogen (secondary N) is 1. The summed E-state index contributed by atoms with van der Waals surface area (Å²) in [5, 5.41) is 3.23. The lowest BCUT2D eigenvalue weighted by Gasteiger charge is -2.44. The Kier molecular flexibility index (Phi) is 5.03. The van der Waals surface area contributed by atoms with Gasteiger partial charge < -0.3 is 19.5 Å². The SMILES string of the molecule is COc1ccc(CC(=O)N[C@H]2CC3(CCOCC3)Oc3ccccc32)cc1. The number of para-hydroxylation sites is 1. The zero-order valence-corrected chi connectivity index (χ0v) is 15.6. The van der Waals surface area contributed by atoms with E-state index in [9.17, 15) is 4.79 Å². The van der Waals surface area contributed by atoms with Gasteiger partial charge in [0.15, 0.2) is 0 Å². The Bertz CT molecular complexity index is 796. The third kappa shape index (κ3) is 3.93. The molecule has 4 rings (SSSR count). The summed E-state index contributed by atoms with van der Waals surface area (Å²) in [5.74, 6) is 1.68. The highest BCUT2D eigenvalue weighted by molar-refractivity contribution is 5.79. The molecule has 5 heteroatoms. The van der Waals surface area contributed by atoms with Crippen LogP contribution in [0.4, 0.5) is 0 Å². The molecule has 2 aliphatic rings. The number of methoxy groups -OCH3 is 1. The molecule has 0 bridgehead atoms. The molecular formula is C22H25NO4. The Morgan fingerprint density at radius 1 is 1.15 bits per heavy atom. The Morgan fingerprint density at radius 3 is 2.63 bits per heavy atom. The monoisotopic (exact) mass is 367 g/mol. The van der Waals surface area contributed by atoms with Gasteiger partial charge in [-0.1, -0.05) is 30.3 Å². The van der Waals surface area contributed by atoms with E-state index in [0.29, 0.717) is 19.6 Å². The minimum absolute atomic E-state index is 0.0177. The van der Waals surface area contributed by atoms with Crippen molar-refractivity contribution in [1.82, 2.24) is 5.32 Å². The number of benzene rings is 2. The van der Waals surface area contributed by atoms with E-state index < -0.39 is 0 Å². The van der Waals surface area contributed by atoms with Crippen LogP contribution in [-0.2, 0) is 16.0 Å². The standard InChI is InChI=1S/C22H25NO4/c1-25-17-8-6-16(7-9-17)14-21(24)23-19-15-22(10-12-26-13-11-22)27-20-5-3-2-4-18(19)20/h2-9,19H,10-15H2,1H3,(H,23,24)/t19-/m0/s1. The van der Waals surface area contributed by atoms with Crippen LogP contribution < -0.4 is 14.8 Å². The van der Waals surface area contributed by atoms with Gasteiger partial charge >= 0.3 is 0 Å². The first-order valence-corrected chi connectivity index (χ1v) is 9.45. The van der Waals surface area contributed by atoms with E-state index in [1.807, 2.05) is 48.5 Å². The van der Waals surface area contributed by atoms with Gasteiger partial charge in [0.25, 0.3) is 0 Å². The number of amides is 1. The molecule has 1 atom stereocenters. The molecule has 5 nitrogen and oxygen atoms in total. The lowest BCUT2D eigenvalue weighted by atomic mass is 9.82. The smallest absolute Gasteiger partial charge is 0.224 e. The topological polar surface area (TPSA) is 56.8 Å². The molecule has 1 saturated heterocycles. The molecule has 2 aromatic carbocycles. The molecule has 0 radical (unpaired) electrons. The molecule has 0 unspecified atom stereocenters. The molecular weight excluding hydrogens is 342 g/mol. The predicted octanol–water partition coefficient (Wildman–Crippen LogP) is 3.43. The fraction of sp³-hybridized carbons (Fsp3) is 0.409. The van der Waals surface area contributed by atoms with E-state index in [-0.39, 0.29) is 17.6 Å². The van der Waals surface area contributed by atoms with E-state index in [4.69, 9.17) is 14.2 Å². The van der Waals surface area contributed by atoms with Gasteiger partial charge in [-0.2, -0.15) is 0 Å². The number of fused-ring (bicyclic) bond motifs is 1. The lowest BCUT2D eigenvalue weighted by molar-refractivity contribution is -0.122. The number of hydrogen-bond acceptors (Lipinski definition) is 4. The summed E-state index contributed by atoms with van der Waals surface area (Å²) in [6.07, 6.45) is 2.83. The van der Waals surface area contributed by atoms with Crippen molar-refractivity contribution >= 4 is 5.91 Å². The van der Waals surface area contributed by atoms with Gasteiger partial charge in [0.1, 0.15) is 17.1 Å². The Balaban J connectivity index is 1.49. The molecule has 142 valence electrons. The maximum absolute atomic E-state index is 12.7. The van der Waals surface area contributed by atoms with Crippen LogP contribution in [0.2, 0.25) is 0 Å². The average Bonchev–Trinajstić information content (AvgIpc) is 2.69. The first-order valence-electron chi connectivity index (χ1n) is 9.45. The molecule has 0 saturated carbocycles. The van der Waals surface area contributed by atoms with Crippen molar-refractivity contribution in [1.29, 1.82) is 0 Å². The van der Waals surface area contributed by atoms with Crippen molar-refractivity contribution in [2.45, 2.75) is 37.3 Å². The van der Waals surface area contributed by atoms with Gasteiger partial charge in [0, 0.05) is 24.8 Å². The predicted molar refractivity (Wildman–Crippen MR) is 102 cm³/mol. The van der Waals surface area contributed by atoms with Gasteiger partial charge in [-0.25, -0.2) is 0 Å². The normalized spacial score (nSPS) is 20.4. The number of rotatable bonds is 4. The van der Waals surface area contributed by atoms with Gasteiger partial charge in [0.05, 0.1) is 32.8 Å². The van der Waals surface area contributed by atoms with E-state index in [0.717, 1.165) is 41.9 Å². The van der Waals surface area contributed by atoms with Crippen LogP contribution in [0.3, 0.4) is 0 Å². The zero-order valence-electron chi connectivity index (χ0n) is 15.6. The zero-order chi connectivity index (χ0) is 18.7. The summed E-state index contributed by atoms with van der Waals surface area (Å²) in [7, 11) is 1.64. The molecule has 2 heterocycles.